The second-order valence-electron chi connectivity index (χ2n) is 5.45. The Hall–Kier alpha value is -1.37. The van der Waals surface area contributed by atoms with E-state index >= 15 is 0 Å². The number of nitrogens with zero attached hydrogens (tertiary/aromatic N) is 1. The molecule has 0 radical (unpaired) electrons. The van der Waals surface area contributed by atoms with Gasteiger partial charge in [0, 0.05) is 18.5 Å². The fraction of sp³-hybridized carbons (Fsp3) is 0.412. The lowest BCUT2D eigenvalue weighted by molar-refractivity contribution is -0.139. The zero-order valence-electron chi connectivity index (χ0n) is 14.3. The van der Waals surface area contributed by atoms with Crippen LogP contribution in [0.15, 0.2) is 29.5 Å². The van der Waals surface area contributed by atoms with Crippen molar-refractivity contribution in [1.29, 1.82) is 0 Å². The number of hydrogen-bond donors (Lipinski definition) is 1. The van der Waals surface area contributed by atoms with Gasteiger partial charge in [-0.15, -0.1) is 0 Å². The molecule has 1 aliphatic heterocycles. The molecule has 1 heterocycles. The van der Waals surface area contributed by atoms with Crippen LogP contribution < -0.4 is 5.32 Å². The summed E-state index contributed by atoms with van der Waals surface area (Å²) in [5.41, 5.74) is 1.61. The molecule has 2 amide bonds. The summed E-state index contributed by atoms with van der Waals surface area (Å²) in [5.74, 6) is 1.25. The summed E-state index contributed by atoms with van der Waals surface area (Å²) in [5, 5.41) is 3.58. The minimum Gasteiger partial charge on any atom is -0.461 e. The number of carbonyl (C=O) groups is 2. The smallest absolute Gasteiger partial charge is 0.338 e. The van der Waals surface area contributed by atoms with Crippen LogP contribution in [-0.2, 0) is 9.53 Å². The predicted molar refractivity (Wildman–Crippen MR) is 102 cm³/mol. The van der Waals surface area contributed by atoms with E-state index < -0.39 is 12.0 Å². The highest BCUT2D eigenvalue weighted by molar-refractivity contribution is 7.99. The third-order valence-electron chi connectivity index (χ3n) is 3.92. The van der Waals surface area contributed by atoms with Gasteiger partial charge < -0.3 is 15.0 Å². The first kappa shape index (κ1) is 19.9. The quantitative estimate of drug-likeness (QED) is 0.570. The number of ether oxygens (including phenoxy) is 1. The van der Waals surface area contributed by atoms with Crippen molar-refractivity contribution in [1.82, 2.24) is 10.2 Å². The Morgan fingerprint density at radius 3 is 2.72 bits per heavy atom. The number of thioether (sulfide) groups is 1. The molecule has 1 atom stereocenters. The van der Waals surface area contributed by atoms with E-state index in [0.717, 1.165) is 11.5 Å². The van der Waals surface area contributed by atoms with E-state index in [0.29, 0.717) is 33.5 Å². The predicted octanol–water partition coefficient (Wildman–Crippen LogP) is 4.26. The lowest BCUT2D eigenvalue weighted by Gasteiger charge is -2.33. The second-order valence-corrected chi connectivity index (χ2v) is 7.66. The van der Waals surface area contributed by atoms with Crippen LogP contribution in [0.2, 0.25) is 10.0 Å². The minimum atomic E-state index is -0.634. The maximum absolute atomic E-state index is 12.6. The molecule has 0 saturated heterocycles. The number of hydrogen-bond acceptors (Lipinski definition) is 4. The summed E-state index contributed by atoms with van der Waals surface area (Å²) in [6.07, 6.45) is 0. The Balaban J connectivity index is 2.33. The van der Waals surface area contributed by atoms with Gasteiger partial charge in [-0.25, -0.2) is 9.59 Å². The van der Waals surface area contributed by atoms with Crippen LogP contribution in [0.1, 0.15) is 25.5 Å². The number of benzene rings is 1. The highest BCUT2D eigenvalue weighted by atomic mass is 35.5. The maximum atomic E-state index is 12.6. The SMILES string of the molecule is CCSCCOC(=O)C1=C(C)N(C)C(=O)NC1c1ccc(Cl)c(Cl)c1. The van der Waals surface area contributed by atoms with Crippen molar-refractivity contribution < 1.29 is 14.3 Å². The summed E-state index contributed by atoms with van der Waals surface area (Å²) in [6.45, 7) is 4.09. The summed E-state index contributed by atoms with van der Waals surface area (Å²) < 4.78 is 5.39. The topological polar surface area (TPSA) is 58.6 Å². The van der Waals surface area contributed by atoms with E-state index in [2.05, 4.69) is 5.32 Å². The molecule has 0 saturated carbocycles. The Morgan fingerprint density at radius 2 is 2.08 bits per heavy atom. The number of rotatable bonds is 6. The first-order valence-corrected chi connectivity index (χ1v) is 9.72. The zero-order chi connectivity index (χ0) is 18.6. The van der Waals surface area contributed by atoms with Crippen molar-refractivity contribution in [3.63, 3.8) is 0 Å². The van der Waals surface area contributed by atoms with Crippen LogP contribution in [0.3, 0.4) is 0 Å². The molecule has 1 N–H and O–H groups in total. The molecule has 136 valence electrons. The second kappa shape index (κ2) is 8.83. The van der Waals surface area contributed by atoms with Crippen molar-refractivity contribution in [3.05, 3.63) is 45.1 Å². The van der Waals surface area contributed by atoms with Gasteiger partial charge in [0.05, 0.1) is 21.7 Å². The first-order valence-electron chi connectivity index (χ1n) is 7.81. The molecule has 0 spiro atoms. The van der Waals surface area contributed by atoms with Crippen molar-refractivity contribution >= 4 is 47.0 Å². The molecule has 2 rings (SSSR count). The fourth-order valence-corrected chi connectivity index (χ4v) is 3.25. The molecule has 0 aromatic heterocycles. The molecular weight excluding hydrogens is 383 g/mol. The standard InChI is InChI=1S/C17H20Cl2N2O3S/c1-4-25-8-7-24-16(22)14-10(2)21(3)17(23)20-15(14)11-5-6-12(18)13(19)9-11/h5-6,9,15H,4,7-8H2,1-3H3,(H,20,23). The lowest BCUT2D eigenvalue weighted by Crippen LogP contribution is -2.46. The summed E-state index contributed by atoms with van der Waals surface area (Å²) >= 11 is 13.7. The van der Waals surface area contributed by atoms with Gasteiger partial charge >= 0.3 is 12.0 Å². The normalized spacial score (nSPS) is 17.6. The Morgan fingerprint density at radius 1 is 1.36 bits per heavy atom. The van der Waals surface area contributed by atoms with Crippen molar-refractivity contribution in [2.45, 2.75) is 19.9 Å². The summed E-state index contributed by atoms with van der Waals surface area (Å²) in [7, 11) is 1.61. The van der Waals surface area contributed by atoms with Crippen LogP contribution in [0, 0.1) is 0 Å². The van der Waals surface area contributed by atoms with Gasteiger partial charge in [0.1, 0.15) is 6.61 Å². The van der Waals surface area contributed by atoms with Crippen molar-refractivity contribution in [2.75, 3.05) is 25.2 Å². The number of amides is 2. The van der Waals surface area contributed by atoms with Crippen molar-refractivity contribution in [3.8, 4) is 0 Å². The number of halogens is 2. The summed E-state index contributed by atoms with van der Waals surface area (Å²) in [4.78, 5) is 26.2. The molecular formula is C17H20Cl2N2O3S. The van der Waals surface area contributed by atoms with Crippen LogP contribution in [0.5, 0.6) is 0 Å². The molecule has 1 aromatic carbocycles. The van der Waals surface area contributed by atoms with Gasteiger partial charge in [0.15, 0.2) is 0 Å². The van der Waals surface area contributed by atoms with Gasteiger partial charge in [-0.2, -0.15) is 11.8 Å². The zero-order valence-corrected chi connectivity index (χ0v) is 16.6. The lowest BCUT2D eigenvalue weighted by atomic mass is 9.95. The number of allylic oxidation sites excluding steroid dienone is 1. The average molecular weight is 403 g/mol. The molecule has 5 nitrogen and oxygen atoms in total. The van der Waals surface area contributed by atoms with E-state index in [1.165, 1.54) is 4.90 Å². The van der Waals surface area contributed by atoms with Crippen LogP contribution in [0.25, 0.3) is 0 Å². The molecule has 25 heavy (non-hydrogen) atoms. The largest absolute Gasteiger partial charge is 0.461 e. The monoisotopic (exact) mass is 402 g/mol. The van der Waals surface area contributed by atoms with Crippen LogP contribution in [0.4, 0.5) is 4.79 Å². The fourth-order valence-electron chi connectivity index (χ4n) is 2.46. The molecule has 0 fully saturated rings. The Bertz CT molecular complexity index is 709. The number of nitrogens with one attached hydrogen (secondary N) is 1. The van der Waals surface area contributed by atoms with E-state index in [1.807, 2.05) is 6.92 Å². The molecule has 0 bridgehead atoms. The van der Waals surface area contributed by atoms with Gasteiger partial charge in [0.2, 0.25) is 0 Å². The third kappa shape index (κ3) is 4.63. The Kier molecular flexibility index (Phi) is 7.04. The van der Waals surface area contributed by atoms with E-state index in [4.69, 9.17) is 27.9 Å². The third-order valence-corrected chi connectivity index (χ3v) is 5.52. The number of carbonyl (C=O) groups excluding carboxylic acids is 2. The molecule has 1 aliphatic rings. The highest BCUT2D eigenvalue weighted by Crippen LogP contribution is 2.33. The van der Waals surface area contributed by atoms with Crippen LogP contribution >= 0.6 is 35.0 Å². The number of esters is 1. The Labute approximate surface area is 161 Å². The summed E-state index contributed by atoms with van der Waals surface area (Å²) in [6, 6.07) is 4.09. The highest BCUT2D eigenvalue weighted by Gasteiger charge is 2.35. The molecule has 1 unspecified atom stereocenters. The maximum Gasteiger partial charge on any atom is 0.338 e. The van der Waals surface area contributed by atoms with Gasteiger partial charge in [-0.3, -0.25) is 0 Å². The number of urea groups is 1. The van der Waals surface area contributed by atoms with Crippen LogP contribution in [-0.4, -0.2) is 42.1 Å². The van der Waals surface area contributed by atoms with Gasteiger partial charge in [0.25, 0.3) is 0 Å². The molecule has 0 aliphatic carbocycles. The minimum absolute atomic E-state index is 0.299. The van der Waals surface area contributed by atoms with E-state index in [-0.39, 0.29) is 6.03 Å². The van der Waals surface area contributed by atoms with Crippen molar-refractivity contribution in [2.24, 2.45) is 0 Å². The first-order chi connectivity index (χ1) is 11.9. The average Bonchev–Trinajstić information content (AvgIpc) is 2.58. The molecule has 8 heteroatoms. The van der Waals surface area contributed by atoms with E-state index in [1.54, 1.807) is 43.9 Å². The van der Waals surface area contributed by atoms with E-state index in [9.17, 15) is 9.59 Å². The molecule has 1 aromatic rings. The van der Waals surface area contributed by atoms with Gasteiger partial charge in [-0.05, 0) is 30.4 Å². The van der Waals surface area contributed by atoms with Gasteiger partial charge in [-0.1, -0.05) is 36.2 Å².